The molecule has 7 nitrogen and oxygen atoms in total. The molecular weight excluding hydrogens is 256 g/mol. The Balaban J connectivity index is 1.86. The first-order valence-electron chi connectivity index (χ1n) is 5.07. The van der Waals surface area contributed by atoms with Crippen molar-refractivity contribution in [2.45, 2.75) is 5.37 Å². The minimum Gasteiger partial charge on any atom is -0.477 e. The van der Waals surface area contributed by atoms with Gasteiger partial charge in [-0.25, -0.2) is 9.78 Å². The SMILES string of the molecule is Cn1cnc(C=C2C(=O)N3C(C(=O)O)=CS[C@H]23)n1. The molecule has 0 saturated carbocycles. The van der Waals surface area contributed by atoms with Crippen LogP contribution in [-0.2, 0) is 16.6 Å². The number of carbonyl (C=O) groups is 2. The van der Waals surface area contributed by atoms with Crippen LogP contribution in [0, 0.1) is 0 Å². The third-order valence-corrected chi connectivity index (χ3v) is 3.74. The number of carbonyl (C=O) groups excluding carboxylic acids is 1. The van der Waals surface area contributed by atoms with Crippen LogP contribution in [0.3, 0.4) is 0 Å². The maximum Gasteiger partial charge on any atom is 0.353 e. The third kappa shape index (κ3) is 1.46. The largest absolute Gasteiger partial charge is 0.477 e. The van der Waals surface area contributed by atoms with Gasteiger partial charge in [0.05, 0.1) is 5.57 Å². The molecule has 1 aromatic rings. The van der Waals surface area contributed by atoms with Crippen molar-refractivity contribution in [1.29, 1.82) is 0 Å². The maximum atomic E-state index is 11.8. The van der Waals surface area contributed by atoms with E-state index in [0.717, 1.165) is 0 Å². The number of amides is 1. The lowest BCUT2D eigenvalue weighted by Gasteiger charge is -2.36. The molecule has 18 heavy (non-hydrogen) atoms. The lowest BCUT2D eigenvalue weighted by atomic mass is 10.0. The van der Waals surface area contributed by atoms with Gasteiger partial charge >= 0.3 is 5.97 Å². The molecule has 1 atom stereocenters. The van der Waals surface area contributed by atoms with Gasteiger partial charge in [-0.1, -0.05) is 0 Å². The number of hydrogen-bond acceptors (Lipinski definition) is 5. The van der Waals surface area contributed by atoms with Crippen molar-refractivity contribution in [3.05, 3.63) is 28.8 Å². The van der Waals surface area contributed by atoms with Crippen LogP contribution in [0.4, 0.5) is 0 Å². The predicted molar refractivity (Wildman–Crippen MR) is 62.9 cm³/mol. The number of carboxylic acid groups (broad SMARTS) is 1. The Hall–Kier alpha value is -2.09. The quantitative estimate of drug-likeness (QED) is 0.599. The summed E-state index contributed by atoms with van der Waals surface area (Å²) in [5.41, 5.74) is 0.555. The van der Waals surface area contributed by atoms with Gasteiger partial charge in [-0.15, -0.1) is 11.8 Å². The van der Waals surface area contributed by atoms with Crippen molar-refractivity contribution in [3.63, 3.8) is 0 Å². The summed E-state index contributed by atoms with van der Waals surface area (Å²) in [6.45, 7) is 0. The second-order valence-electron chi connectivity index (χ2n) is 3.85. The lowest BCUT2D eigenvalue weighted by Crippen LogP contribution is -2.51. The Kier molecular flexibility index (Phi) is 2.27. The second kappa shape index (κ2) is 3.70. The number of thioether (sulfide) groups is 1. The van der Waals surface area contributed by atoms with Crippen molar-refractivity contribution in [1.82, 2.24) is 19.7 Å². The zero-order chi connectivity index (χ0) is 12.9. The van der Waals surface area contributed by atoms with E-state index >= 15 is 0 Å². The van der Waals surface area contributed by atoms with Crippen molar-refractivity contribution in [2.75, 3.05) is 0 Å². The molecule has 0 bridgehead atoms. The van der Waals surface area contributed by atoms with E-state index < -0.39 is 5.97 Å². The average Bonchev–Trinajstić information content (AvgIpc) is 2.89. The molecule has 1 saturated heterocycles. The van der Waals surface area contributed by atoms with Crippen molar-refractivity contribution >= 4 is 29.7 Å². The molecule has 2 aliphatic heterocycles. The van der Waals surface area contributed by atoms with Crippen molar-refractivity contribution in [2.24, 2.45) is 7.05 Å². The summed E-state index contributed by atoms with van der Waals surface area (Å²) in [6, 6.07) is 0. The van der Waals surface area contributed by atoms with Crippen LogP contribution >= 0.6 is 11.8 Å². The smallest absolute Gasteiger partial charge is 0.353 e. The monoisotopic (exact) mass is 264 g/mol. The molecule has 0 aliphatic carbocycles. The van der Waals surface area contributed by atoms with Gasteiger partial charge in [0.2, 0.25) is 0 Å². The van der Waals surface area contributed by atoms with Crippen molar-refractivity contribution in [3.8, 4) is 0 Å². The zero-order valence-electron chi connectivity index (χ0n) is 9.27. The summed E-state index contributed by atoms with van der Waals surface area (Å²) in [6.07, 6.45) is 3.13. The fourth-order valence-electron chi connectivity index (χ4n) is 1.83. The van der Waals surface area contributed by atoms with Gasteiger partial charge in [0, 0.05) is 12.5 Å². The second-order valence-corrected chi connectivity index (χ2v) is 4.80. The Morgan fingerprint density at radius 3 is 3.00 bits per heavy atom. The Morgan fingerprint density at radius 1 is 1.61 bits per heavy atom. The highest BCUT2D eigenvalue weighted by atomic mass is 32.2. The fourth-order valence-corrected chi connectivity index (χ4v) is 2.95. The van der Waals surface area contributed by atoms with E-state index in [9.17, 15) is 9.59 Å². The van der Waals surface area contributed by atoms with Gasteiger partial charge in [-0.2, -0.15) is 5.10 Å². The standard InChI is InChI=1S/C10H8N4O3S/c1-13-4-11-7(12-13)2-5-8(15)14-6(10(16)17)3-18-9(5)14/h2-4,9H,1H3,(H,16,17)/t9-/m1/s1. The number of fused-ring (bicyclic) bond motifs is 1. The first-order valence-corrected chi connectivity index (χ1v) is 6.02. The van der Waals surface area contributed by atoms with E-state index in [0.29, 0.717) is 11.4 Å². The third-order valence-electron chi connectivity index (χ3n) is 2.66. The van der Waals surface area contributed by atoms with Crippen LogP contribution in [0.5, 0.6) is 0 Å². The molecule has 8 heteroatoms. The summed E-state index contributed by atoms with van der Waals surface area (Å²) in [5, 5.41) is 14.2. The first-order chi connectivity index (χ1) is 8.58. The molecule has 92 valence electrons. The molecule has 0 unspecified atom stereocenters. The molecule has 1 aromatic heterocycles. The van der Waals surface area contributed by atoms with E-state index in [2.05, 4.69) is 10.1 Å². The molecule has 0 aromatic carbocycles. The van der Waals surface area contributed by atoms with E-state index in [-0.39, 0.29) is 17.0 Å². The summed E-state index contributed by atoms with van der Waals surface area (Å²) in [7, 11) is 1.73. The van der Waals surface area contributed by atoms with E-state index in [1.54, 1.807) is 13.1 Å². The number of nitrogens with zero attached hydrogens (tertiary/aromatic N) is 4. The topological polar surface area (TPSA) is 88.3 Å². The Morgan fingerprint density at radius 2 is 2.39 bits per heavy atom. The predicted octanol–water partition coefficient (Wildman–Crippen LogP) is 0.0396. The number of aryl methyl sites for hydroxylation is 1. The lowest BCUT2D eigenvalue weighted by molar-refractivity contribution is -0.141. The number of rotatable bonds is 2. The van der Waals surface area contributed by atoms with E-state index in [1.165, 1.54) is 33.1 Å². The van der Waals surface area contributed by atoms with Crippen LogP contribution in [0.2, 0.25) is 0 Å². The summed E-state index contributed by atoms with van der Waals surface area (Å²) in [4.78, 5) is 28.0. The Labute approximate surface area is 106 Å². The summed E-state index contributed by atoms with van der Waals surface area (Å²) in [5.74, 6) is -0.940. The summed E-state index contributed by atoms with van der Waals surface area (Å²) < 4.78 is 1.54. The molecule has 3 heterocycles. The van der Waals surface area contributed by atoms with E-state index in [1.807, 2.05) is 0 Å². The van der Waals surface area contributed by atoms with Crippen LogP contribution in [0.15, 0.2) is 23.0 Å². The van der Waals surface area contributed by atoms with Gasteiger partial charge in [0.1, 0.15) is 17.4 Å². The molecule has 2 aliphatic rings. The average molecular weight is 264 g/mol. The molecule has 0 spiro atoms. The zero-order valence-corrected chi connectivity index (χ0v) is 10.1. The van der Waals surface area contributed by atoms with E-state index in [4.69, 9.17) is 5.11 Å². The summed E-state index contributed by atoms with van der Waals surface area (Å²) >= 11 is 1.30. The highest BCUT2D eigenvalue weighted by Crippen LogP contribution is 2.44. The van der Waals surface area contributed by atoms with Crippen LogP contribution < -0.4 is 0 Å². The van der Waals surface area contributed by atoms with Gasteiger partial charge < -0.3 is 5.11 Å². The van der Waals surface area contributed by atoms with Crippen LogP contribution in [0.1, 0.15) is 5.82 Å². The number of aliphatic carboxylic acids is 1. The number of carboxylic acids is 1. The highest BCUT2D eigenvalue weighted by Gasteiger charge is 2.49. The maximum absolute atomic E-state index is 11.8. The number of β-lactam (4-membered cyclic amide) rings is 1. The molecule has 1 fully saturated rings. The van der Waals surface area contributed by atoms with Crippen LogP contribution in [0.25, 0.3) is 6.08 Å². The normalized spacial score (nSPS) is 23.9. The molecule has 1 N–H and O–H groups in total. The number of aromatic nitrogens is 3. The molecule has 3 rings (SSSR count). The highest BCUT2D eigenvalue weighted by molar-refractivity contribution is 8.03. The number of hydrogen-bond donors (Lipinski definition) is 1. The van der Waals surface area contributed by atoms with Gasteiger partial charge in [-0.3, -0.25) is 14.4 Å². The van der Waals surface area contributed by atoms with Crippen molar-refractivity contribution < 1.29 is 14.7 Å². The fraction of sp³-hybridized carbons (Fsp3) is 0.200. The van der Waals surface area contributed by atoms with Gasteiger partial charge in [0.15, 0.2) is 5.82 Å². The molecular formula is C10H8N4O3S. The Bertz CT molecular complexity index is 618. The minimum absolute atomic E-state index is 0.0288. The van der Waals surface area contributed by atoms with Gasteiger partial charge in [-0.05, 0) is 6.08 Å². The first kappa shape index (κ1) is 11.0. The van der Waals surface area contributed by atoms with Crippen LogP contribution in [-0.4, -0.2) is 42.0 Å². The molecule has 1 amide bonds. The minimum atomic E-state index is -1.09. The van der Waals surface area contributed by atoms with Gasteiger partial charge in [0.25, 0.3) is 5.91 Å². The molecule has 0 radical (unpaired) electrons.